The molecule has 0 bridgehead atoms. The van der Waals surface area contributed by atoms with E-state index in [1.807, 2.05) is 42.5 Å². The number of hydrogen-bond acceptors (Lipinski definition) is 3. The number of aliphatic hydroxyl groups is 1. The van der Waals surface area contributed by atoms with Crippen LogP contribution in [-0.4, -0.2) is 27.5 Å². The lowest BCUT2D eigenvalue weighted by atomic mass is 10.1. The van der Waals surface area contributed by atoms with Gasteiger partial charge in [-0.1, -0.05) is 48.5 Å². The number of aromatic nitrogens is 2. The van der Waals surface area contributed by atoms with Gasteiger partial charge in [-0.3, -0.25) is 4.79 Å². The van der Waals surface area contributed by atoms with E-state index in [2.05, 4.69) is 15.3 Å². The first-order valence-electron chi connectivity index (χ1n) is 10.3. The van der Waals surface area contributed by atoms with Gasteiger partial charge in [-0.15, -0.1) is 0 Å². The predicted octanol–water partition coefficient (Wildman–Crippen LogP) is 4.99. The fourth-order valence-electron chi connectivity index (χ4n) is 3.85. The molecule has 0 aliphatic carbocycles. The van der Waals surface area contributed by atoms with Gasteiger partial charge >= 0.3 is 0 Å². The number of hydrogen-bond donors (Lipinski definition) is 3. The largest absolute Gasteiger partial charge is 0.387 e. The Balaban J connectivity index is 1.54. The summed E-state index contributed by atoms with van der Waals surface area (Å²) in [4.78, 5) is 20.9. The SMILES string of the molecule is O=C(NC[C@H](O)c1ccccc1)c1cc2c([nH]c3ccccc32)c(-c2ccc(F)cc2)n1. The number of pyridine rings is 1. The molecule has 1 atom stereocenters. The van der Waals surface area contributed by atoms with Crippen molar-refractivity contribution in [3.63, 3.8) is 0 Å². The number of para-hydroxylation sites is 1. The number of nitrogens with one attached hydrogen (secondary N) is 2. The molecular formula is C26H20FN3O2. The minimum absolute atomic E-state index is 0.0579. The highest BCUT2D eigenvalue weighted by atomic mass is 19.1. The third-order valence-corrected chi connectivity index (χ3v) is 5.49. The maximum atomic E-state index is 13.5. The van der Waals surface area contributed by atoms with Crippen LogP contribution >= 0.6 is 0 Å². The molecular weight excluding hydrogens is 405 g/mol. The highest BCUT2D eigenvalue weighted by Crippen LogP contribution is 2.32. The number of benzene rings is 3. The number of aliphatic hydroxyl groups excluding tert-OH is 1. The number of carbonyl (C=O) groups is 1. The smallest absolute Gasteiger partial charge is 0.270 e. The van der Waals surface area contributed by atoms with Crippen molar-refractivity contribution in [3.05, 3.63) is 102 Å². The lowest BCUT2D eigenvalue weighted by Gasteiger charge is -2.13. The Bertz CT molecular complexity index is 1410. The maximum Gasteiger partial charge on any atom is 0.270 e. The first kappa shape index (κ1) is 19.9. The summed E-state index contributed by atoms with van der Waals surface area (Å²) in [5.74, 6) is -0.735. The van der Waals surface area contributed by atoms with Crippen LogP contribution in [0, 0.1) is 5.82 Å². The molecule has 5 aromatic rings. The molecule has 5 nitrogen and oxygen atoms in total. The van der Waals surface area contributed by atoms with Gasteiger partial charge in [-0.2, -0.15) is 0 Å². The van der Waals surface area contributed by atoms with Gasteiger partial charge in [-0.05, 0) is 42.0 Å². The van der Waals surface area contributed by atoms with Crippen LogP contribution < -0.4 is 5.32 Å². The van der Waals surface area contributed by atoms with Gasteiger partial charge in [0.25, 0.3) is 5.91 Å². The molecule has 0 fully saturated rings. The molecule has 0 radical (unpaired) electrons. The second-order valence-corrected chi connectivity index (χ2v) is 7.59. The number of nitrogens with zero attached hydrogens (tertiary/aromatic N) is 1. The van der Waals surface area contributed by atoms with E-state index in [1.54, 1.807) is 30.3 Å². The lowest BCUT2D eigenvalue weighted by Crippen LogP contribution is -2.29. The topological polar surface area (TPSA) is 78.0 Å². The molecule has 0 saturated heterocycles. The van der Waals surface area contributed by atoms with Crippen LogP contribution in [-0.2, 0) is 0 Å². The first-order valence-corrected chi connectivity index (χ1v) is 10.3. The van der Waals surface area contributed by atoms with Gasteiger partial charge < -0.3 is 15.4 Å². The molecule has 2 aromatic heterocycles. The van der Waals surface area contributed by atoms with Gasteiger partial charge in [0, 0.05) is 28.4 Å². The molecule has 0 saturated carbocycles. The van der Waals surface area contributed by atoms with E-state index >= 15 is 0 Å². The van der Waals surface area contributed by atoms with Crippen molar-refractivity contribution >= 4 is 27.7 Å². The van der Waals surface area contributed by atoms with Gasteiger partial charge in [0.1, 0.15) is 11.5 Å². The summed E-state index contributed by atoms with van der Waals surface area (Å²) >= 11 is 0. The van der Waals surface area contributed by atoms with E-state index in [1.165, 1.54) is 12.1 Å². The Hall–Kier alpha value is -4.03. The van der Waals surface area contributed by atoms with E-state index in [0.29, 0.717) is 11.3 Å². The molecule has 32 heavy (non-hydrogen) atoms. The highest BCUT2D eigenvalue weighted by molar-refractivity contribution is 6.13. The molecule has 0 spiro atoms. The highest BCUT2D eigenvalue weighted by Gasteiger charge is 2.18. The van der Waals surface area contributed by atoms with Crippen molar-refractivity contribution in [2.45, 2.75) is 6.10 Å². The number of fused-ring (bicyclic) bond motifs is 3. The third kappa shape index (κ3) is 3.72. The standard InChI is InChI=1S/C26H20FN3O2/c27-18-12-10-17(11-13-18)24-25-20(19-8-4-5-9-21(19)29-25)14-22(30-24)26(32)28-15-23(31)16-6-2-1-3-7-16/h1-14,23,29,31H,15H2,(H,28,32)/t23-/m0/s1. The summed E-state index contributed by atoms with van der Waals surface area (Å²) in [7, 11) is 0. The fraction of sp³-hybridized carbons (Fsp3) is 0.0769. The minimum Gasteiger partial charge on any atom is -0.387 e. The number of aromatic amines is 1. The Morgan fingerprint density at radius 1 is 0.969 bits per heavy atom. The minimum atomic E-state index is -0.825. The summed E-state index contributed by atoms with van der Waals surface area (Å²) in [6.45, 7) is 0.0579. The maximum absolute atomic E-state index is 13.5. The molecule has 158 valence electrons. The van der Waals surface area contributed by atoms with Crippen molar-refractivity contribution in [3.8, 4) is 11.3 Å². The molecule has 6 heteroatoms. The van der Waals surface area contributed by atoms with Crippen molar-refractivity contribution in [1.82, 2.24) is 15.3 Å². The normalized spacial score (nSPS) is 12.2. The van der Waals surface area contributed by atoms with Gasteiger partial charge in [0.05, 0.1) is 17.3 Å². The average Bonchev–Trinajstić information content (AvgIpc) is 3.21. The number of halogens is 1. The summed E-state index contributed by atoms with van der Waals surface area (Å²) in [6, 6.07) is 24.7. The lowest BCUT2D eigenvalue weighted by molar-refractivity contribution is 0.0911. The summed E-state index contributed by atoms with van der Waals surface area (Å²) < 4.78 is 13.5. The Morgan fingerprint density at radius 2 is 1.69 bits per heavy atom. The van der Waals surface area contributed by atoms with Crippen molar-refractivity contribution < 1.29 is 14.3 Å². The second-order valence-electron chi connectivity index (χ2n) is 7.59. The Labute approximate surface area is 183 Å². The van der Waals surface area contributed by atoms with Crippen LogP contribution in [0.2, 0.25) is 0 Å². The van der Waals surface area contributed by atoms with Crippen LogP contribution in [0.15, 0.2) is 84.9 Å². The van der Waals surface area contributed by atoms with E-state index < -0.39 is 12.0 Å². The number of rotatable bonds is 5. The van der Waals surface area contributed by atoms with Gasteiger partial charge in [0.15, 0.2) is 0 Å². The zero-order valence-electron chi connectivity index (χ0n) is 17.0. The van der Waals surface area contributed by atoms with Crippen LogP contribution in [0.3, 0.4) is 0 Å². The number of amides is 1. The predicted molar refractivity (Wildman–Crippen MR) is 123 cm³/mol. The molecule has 3 N–H and O–H groups in total. The van der Waals surface area contributed by atoms with Crippen LogP contribution in [0.25, 0.3) is 33.1 Å². The second kappa shape index (κ2) is 8.24. The Morgan fingerprint density at radius 3 is 2.47 bits per heavy atom. The van der Waals surface area contributed by atoms with E-state index in [0.717, 1.165) is 27.4 Å². The third-order valence-electron chi connectivity index (χ3n) is 5.49. The van der Waals surface area contributed by atoms with E-state index in [4.69, 9.17) is 0 Å². The molecule has 0 aliphatic heterocycles. The molecule has 0 aliphatic rings. The zero-order valence-corrected chi connectivity index (χ0v) is 17.0. The van der Waals surface area contributed by atoms with Crippen LogP contribution in [0.4, 0.5) is 4.39 Å². The van der Waals surface area contributed by atoms with E-state index in [-0.39, 0.29) is 18.1 Å². The average molecular weight is 425 g/mol. The molecule has 3 aromatic carbocycles. The monoisotopic (exact) mass is 425 g/mol. The molecule has 2 heterocycles. The molecule has 0 unspecified atom stereocenters. The molecule has 1 amide bonds. The number of carbonyl (C=O) groups excluding carboxylic acids is 1. The van der Waals surface area contributed by atoms with Crippen molar-refractivity contribution in [2.24, 2.45) is 0 Å². The van der Waals surface area contributed by atoms with Crippen molar-refractivity contribution in [2.75, 3.05) is 6.54 Å². The Kier molecular flexibility index (Phi) is 5.13. The zero-order chi connectivity index (χ0) is 22.1. The van der Waals surface area contributed by atoms with Gasteiger partial charge in [-0.25, -0.2) is 9.37 Å². The fourth-order valence-corrected chi connectivity index (χ4v) is 3.85. The van der Waals surface area contributed by atoms with Crippen LogP contribution in [0.1, 0.15) is 22.2 Å². The quantitative estimate of drug-likeness (QED) is 0.371. The summed E-state index contributed by atoms with van der Waals surface area (Å²) in [6.07, 6.45) is -0.825. The van der Waals surface area contributed by atoms with E-state index in [9.17, 15) is 14.3 Å². The van der Waals surface area contributed by atoms with Crippen molar-refractivity contribution in [1.29, 1.82) is 0 Å². The summed E-state index contributed by atoms with van der Waals surface area (Å²) in [5.41, 5.74) is 3.90. The van der Waals surface area contributed by atoms with Crippen LogP contribution in [0.5, 0.6) is 0 Å². The van der Waals surface area contributed by atoms with Gasteiger partial charge in [0.2, 0.25) is 0 Å². The molecule has 5 rings (SSSR count). The first-order chi connectivity index (χ1) is 15.6. The number of H-pyrrole nitrogens is 1. The summed E-state index contributed by atoms with van der Waals surface area (Å²) in [5, 5.41) is 15.0.